The average molecular weight is 372 g/mol. The minimum Gasteiger partial charge on any atom is -0.469 e. The first-order valence-corrected chi connectivity index (χ1v) is 8.73. The minimum atomic E-state index is -1.14. The van der Waals surface area contributed by atoms with Crippen molar-refractivity contribution in [3.05, 3.63) is 39.4 Å². The molecule has 4 aliphatic rings. The van der Waals surface area contributed by atoms with Crippen molar-refractivity contribution in [2.45, 2.75) is 37.6 Å². The van der Waals surface area contributed by atoms with E-state index in [1.54, 1.807) is 13.0 Å². The highest BCUT2D eigenvalue weighted by Gasteiger charge is 2.74. The average Bonchev–Trinajstić information content (AvgIpc) is 2.86. The minimum absolute atomic E-state index is 0.0689. The fourth-order valence-corrected chi connectivity index (χ4v) is 5.75. The second-order valence-electron chi connectivity index (χ2n) is 7.72. The van der Waals surface area contributed by atoms with E-state index in [2.05, 4.69) is 0 Å². The Bertz CT molecular complexity index is 925. The molecular weight excluding hydrogens is 352 g/mol. The lowest BCUT2D eigenvalue weighted by atomic mass is 9.50. The molecule has 2 aliphatic heterocycles. The van der Waals surface area contributed by atoms with Gasteiger partial charge >= 0.3 is 11.9 Å². The maximum atomic E-state index is 13.1. The predicted molar refractivity (Wildman–Crippen MR) is 94.7 cm³/mol. The van der Waals surface area contributed by atoms with Crippen LogP contribution in [0, 0.1) is 21.4 Å². The van der Waals surface area contributed by atoms with Gasteiger partial charge < -0.3 is 9.47 Å². The Morgan fingerprint density at radius 2 is 1.96 bits per heavy atom. The zero-order valence-corrected chi connectivity index (χ0v) is 15.5. The number of non-ortho nitro benzene ring substituents is 1. The molecule has 8 heteroatoms. The van der Waals surface area contributed by atoms with Crippen LogP contribution >= 0.6 is 0 Å². The second-order valence-corrected chi connectivity index (χ2v) is 7.72. The van der Waals surface area contributed by atoms with E-state index in [9.17, 15) is 19.7 Å². The van der Waals surface area contributed by atoms with Crippen LogP contribution in [0.5, 0.6) is 0 Å². The van der Waals surface area contributed by atoms with Crippen LogP contribution in [-0.2, 0) is 19.1 Å². The van der Waals surface area contributed by atoms with Gasteiger partial charge in [-0.25, -0.2) is 0 Å². The summed E-state index contributed by atoms with van der Waals surface area (Å²) in [5.41, 5.74) is 0.160. The van der Waals surface area contributed by atoms with Gasteiger partial charge in [0.1, 0.15) is 5.41 Å². The zero-order valence-electron chi connectivity index (χ0n) is 15.5. The number of aliphatic imine (C=N–C) groups is 1. The predicted octanol–water partition coefficient (Wildman–Crippen LogP) is 2.36. The normalized spacial score (nSPS) is 35.3. The molecule has 2 heterocycles. The van der Waals surface area contributed by atoms with Crippen molar-refractivity contribution in [1.29, 1.82) is 0 Å². The SMILES string of the molecule is COC(=O)C1C2c3cc([N+](=O)[O-])ccc3C3CC1(C)N=C(C)C32C(=O)OC. The number of hydrogen-bond acceptors (Lipinski definition) is 7. The van der Waals surface area contributed by atoms with E-state index in [4.69, 9.17) is 14.5 Å². The summed E-state index contributed by atoms with van der Waals surface area (Å²) in [7, 11) is 2.61. The van der Waals surface area contributed by atoms with Crippen LogP contribution in [0.1, 0.15) is 43.2 Å². The van der Waals surface area contributed by atoms with Crippen LogP contribution in [0.4, 0.5) is 5.69 Å². The number of nitro benzene ring substituents is 1. The van der Waals surface area contributed by atoms with Gasteiger partial charge in [0, 0.05) is 29.7 Å². The molecule has 0 amide bonds. The van der Waals surface area contributed by atoms with Crippen molar-refractivity contribution >= 4 is 23.3 Å². The molecule has 142 valence electrons. The summed E-state index contributed by atoms with van der Waals surface area (Å²) >= 11 is 0. The number of fused-ring (bicyclic) bond motifs is 1. The number of carbonyl (C=O) groups excluding carboxylic acids is 2. The number of nitro groups is 1. The van der Waals surface area contributed by atoms with Crippen molar-refractivity contribution in [3.63, 3.8) is 0 Å². The van der Waals surface area contributed by atoms with Crippen LogP contribution in [0.2, 0.25) is 0 Å². The highest BCUT2D eigenvalue weighted by Crippen LogP contribution is 2.71. The molecule has 27 heavy (non-hydrogen) atoms. The van der Waals surface area contributed by atoms with Crippen molar-refractivity contribution in [1.82, 2.24) is 0 Å². The molecular formula is C19H20N2O6. The van der Waals surface area contributed by atoms with E-state index < -0.39 is 39.7 Å². The molecule has 1 aromatic rings. The second kappa shape index (κ2) is 5.37. The molecule has 1 aromatic carbocycles. The molecule has 1 saturated carbocycles. The largest absolute Gasteiger partial charge is 0.469 e. The molecule has 5 rings (SSSR count). The third-order valence-electron chi connectivity index (χ3n) is 6.65. The van der Waals surface area contributed by atoms with Crippen LogP contribution < -0.4 is 0 Å². The number of benzene rings is 1. The Balaban J connectivity index is 2.06. The Morgan fingerprint density at radius 1 is 1.26 bits per heavy atom. The highest BCUT2D eigenvalue weighted by atomic mass is 16.6. The number of esters is 2. The first-order valence-electron chi connectivity index (χ1n) is 8.73. The molecule has 5 unspecified atom stereocenters. The number of carbonyl (C=O) groups is 2. The van der Waals surface area contributed by atoms with Crippen LogP contribution in [0.15, 0.2) is 23.2 Å². The van der Waals surface area contributed by atoms with E-state index in [-0.39, 0.29) is 11.6 Å². The Kier molecular flexibility index (Phi) is 3.51. The van der Waals surface area contributed by atoms with E-state index in [0.29, 0.717) is 17.7 Å². The summed E-state index contributed by atoms with van der Waals surface area (Å²) in [6.07, 6.45) is 0.473. The summed E-state index contributed by atoms with van der Waals surface area (Å²) in [4.78, 5) is 41.4. The third kappa shape index (κ3) is 1.90. The Labute approximate surface area is 155 Å². The topological polar surface area (TPSA) is 108 Å². The Hall–Kier alpha value is -2.77. The lowest BCUT2D eigenvalue weighted by Gasteiger charge is -2.55. The standard InChI is InChI=1S/C19H20N2O6/c1-9-19(17(23)27-4)13-8-18(2,20-9)15(16(22)26-3)14(19)12-7-10(21(24)25)5-6-11(12)13/h5-7,13-15H,8H2,1-4H3. The molecule has 4 bridgehead atoms. The number of nitrogens with zero attached hydrogens (tertiary/aromatic N) is 2. The summed E-state index contributed by atoms with van der Waals surface area (Å²) in [5.74, 6) is -2.49. The van der Waals surface area contributed by atoms with Gasteiger partial charge in [0.2, 0.25) is 0 Å². The van der Waals surface area contributed by atoms with E-state index in [0.717, 1.165) is 5.56 Å². The first kappa shape index (κ1) is 17.6. The van der Waals surface area contributed by atoms with Gasteiger partial charge in [0.15, 0.2) is 0 Å². The van der Waals surface area contributed by atoms with Crippen LogP contribution in [-0.4, -0.2) is 42.3 Å². The maximum Gasteiger partial charge on any atom is 0.318 e. The summed E-state index contributed by atoms with van der Waals surface area (Å²) in [5, 5.41) is 11.3. The van der Waals surface area contributed by atoms with Gasteiger partial charge in [-0.05, 0) is 31.4 Å². The van der Waals surface area contributed by atoms with E-state index >= 15 is 0 Å². The lowest BCUT2D eigenvalue weighted by molar-refractivity contribution is -0.384. The van der Waals surface area contributed by atoms with Crippen molar-refractivity contribution in [3.8, 4) is 0 Å². The van der Waals surface area contributed by atoms with Gasteiger partial charge in [-0.3, -0.25) is 24.7 Å². The number of rotatable bonds is 3. The molecule has 0 saturated heterocycles. The first-order chi connectivity index (χ1) is 12.7. The van der Waals surface area contributed by atoms with Crippen molar-refractivity contribution in [2.75, 3.05) is 14.2 Å². The zero-order chi connectivity index (χ0) is 19.7. The van der Waals surface area contributed by atoms with Crippen LogP contribution in [0.3, 0.4) is 0 Å². The number of ether oxygens (including phenoxy) is 2. The molecule has 0 spiro atoms. The molecule has 0 N–H and O–H groups in total. The van der Waals surface area contributed by atoms with Gasteiger partial charge in [-0.15, -0.1) is 0 Å². The lowest BCUT2D eigenvalue weighted by Crippen LogP contribution is -2.63. The van der Waals surface area contributed by atoms with Gasteiger partial charge in [0.05, 0.1) is 30.6 Å². The van der Waals surface area contributed by atoms with E-state index in [1.807, 2.05) is 6.92 Å². The summed E-state index contributed by atoms with van der Waals surface area (Å²) in [6.45, 7) is 3.67. The van der Waals surface area contributed by atoms with Crippen molar-refractivity contribution in [2.24, 2.45) is 16.3 Å². The molecule has 8 nitrogen and oxygen atoms in total. The molecule has 2 aliphatic carbocycles. The molecule has 1 fully saturated rings. The quantitative estimate of drug-likeness (QED) is 0.458. The van der Waals surface area contributed by atoms with Gasteiger partial charge in [0.25, 0.3) is 5.69 Å². The van der Waals surface area contributed by atoms with E-state index in [1.165, 1.54) is 26.4 Å². The van der Waals surface area contributed by atoms with Gasteiger partial charge in [-0.2, -0.15) is 0 Å². The fourth-order valence-electron chi connectivity index (χ4n) is 5.75. The summed E-state index contributed by atoms with van der Waals surface area (Å²) < 4.78 is 10.2. The van der Waals surface area contributed by atoms with Crippen molar-refractivity contribution < 1.29 is 24.0 Å². The molecule has 0 aromatic heterocycles. The maximum absolute atomic E-state index is 13.1. The number of methoxy groups -OCH3 is 2. The summed E-state index contributed by atoms with van der Waals surface area (Å²) in [6, 6.07) is 4.63. The smallest absolute Gasteiger partial charge is 0.318 e. The third-order valence-corrected chi connectivity index (χ3v) is 6.65. The molecule has 5 atom stereocenters. The van der Waals surface area contributed by atoms with Gasteiger partial charge in [-0.1, -0.05) is 6.07 Å². The highest BCUT2D eigenvalue weighted by molar-refractivity contribution is 6.11. The van der Waals surface area contributed by atoms with Crippen LogP contribution in [0.25, 0.3) is 0 Å². The fraction of sp³-hybridized carbons (Fsp3) is 0.526. The Morgan fingerprint density at radius 3 is 2.56 bits per heavy atom. The monoisotopic (exact) mass is 372 g/mol. The molecule has 0 radical (unpaired) electrons. The number of hydrogen-bond donors (Lipinski definition) is 0.